The van der Waals surface area contributed by atoms with E-state index in [0.717, 1.165) is 24.1 Å². The van der Waals surface area contributed by atoms with Gasteiger partial charge in [-0.15, -0.1) is 0 Å². The lowest BCUT2D eigenvalue weighted by Crippen LogP contribution is -2.60. The first-order chi connectivity index (χ1) is 8.43. The van der Waals surface area contributed by atoms with Gasteiger partial charge in [-0.2, -0.15) is 5.48 Å². The van der Waals surface area contributed by atoms with Gasteiger partial charge in [0.1, 0.15) is 6.10 Å². The van der Waals surface area contributed by atoms with E-state index in [-0.39, 0.29) is 12.2 Å². The number of nitrogens with zero attached hydrogens (tertiary/aromatic N) is 1. The van der Waals surface area contributed by atoms with Gasteiger partial charge in [-0.05, 0) is 18.4 Å². The quantitative estimate of drug-likeness (QED) is 0.794. The second-order valence-electron chi connectivity index (χ2n) is 4.90. The van der Waals surface area contributed by atoms with E-state index in [2.05, 4.69) is 22.8 Å². The van der Waals surface area contributed by atoms with Crippen molar-refractivity contribution in [2.75, 3.05) is 0 Å². The number of hydrogen-bond acceptors (Lipinski definition) is 4. The molecule has 1 N–H and O–H groups in total. The molecule has 88 valence electrons. The highest BCUT2D eigenvalue weighted by Gasteiger charge is 2.52. The van der Waals surface area contributed by atoms with Gasteiger partial charge in [0.15, 0.2) is 6.10 Å². The minimum atomic E-state index is 0.102. The number of benzene rings is 1. The summed E-state index contributed by atoms with van der Waals surface area (Å²) in [5.74, 6) is 0.338. The summed E-state index contributed by atoms with van der Waals surface area (Å²) < 4.78 is 0. The number of hydroxylamine groups is 1. The molecule has 0 amide bonds. The molecule has 4 heteroatoms. The van der Waals surface area contributed by atoms with Crippen LogP contribution >= 0.6 is 0 Å². The van der Waals surface area contributed by atoms with E-state index in [1.807, 2.05) is 18.2 Å². The Labute approximate surface area is 99.5 Å². The summed E-state index contributed by atoms with van der Waals surface area (Å²) in [5, 5.41) is 4.29. The highest BCUT2D eigenvalue weighted by Crippen LogP contribution is 2.39. The molecular weight excluding hydrogens is 216 g/mol. The number of fused-ring (bicyclic) bond motifs is 2. The highest BCUT2D eigenvalue weighted by atomic mass is 16.7. The van der Waals surface area contributed by atoms with Crippen LogP contribution in [-0.2, 0) is 9.68 Å². The fourth-order valence-corrected chi connectivity index (χ4v) is 3.09. The summed E-state index contributed by atoms with van der Waals surface area (Å²) in [5.41, 5.74) is 5.36. The molecule has 5 rings (SSSR count). The van der Waals surface area contributed by atoms with Gasteiger partial charge in [-0.1, -0.05) is 35.5 Å². The summed E-state index contributed by atoms with van der Waals surface area (Å²) in [7, 11) is 0. The lowest BCUT2D eigenvalue weighted by atomic mass is 9.76. The Bertz CT molecular complexity index is 452. The van der Waals surface area contributed by atoms with Crippen molar-refractivity contribution in [1.29, 1.82) is 0 Å². The molecule has 3 heterocycles. The molecule has 1 aliphatic carbocycles. The van der Waals surface area contributed by atoms with Crippen LogP contribution in [0.2, 0.25) is 0 Å². The number of hydrogen-bond donors (Lipinski definition) is 1. The third-order valence-electron chi connectivity index (χ3n) is 3.94. The molecule has 3 fully saturated rings. The van der Waals surface area contributed by atoms with Crippen LogP contribution in [0.1, 0.15) is 18.4 Å². The third-order valence-corrected chi connectivity index (χ3v) is 3.94. The first-order valence-corrected chi connectivity index (χ1v) is 6.14. The minimum Gasteiger partial charge on any atom is -0.389 e. The topological polar surface area (TPSA) is 42.9 Å². The van der Waals surface area contributed by atoms with Crippen LogP contribution < -0.4 is 5.48 Å². The maximum atomic E-state index is 5.58. The Hall–Kier alpha value is -1.39. The van der Waals surface area contributed by atoms with Crippen molar-refractivity contribution in [3.05, 3.63) is 35.9 Å². The monoisotopic (exact) mass is 230 g/mol. The SMILES string of the molecule is c1ccc(C2=NO[C@H]3[C@@H]2[C@H]2CC[C@@H]3ON2)cc1. The fraction of sp³-hybridized carbons (Fsp3) is 0.462. The van der Waals surface area contributed by atoms with Crippen molar-refractivity contribution < 1.29 is 9.68 Å². The molecule has 0 spiro atoms. The van der Waals surface area contributed by atoms with E-state index in [0.29, 0.717) is 12.0 Å². The largest absolute Gasteiger partial charge is 0.389 e. The zero-order chi connectivity index (χ0) is 11.2. The van der Waals surface area contributed by atoms with Gasteiger partial charge in [0.2, 0.25) is 0 Å². The van der Waals surface area contributed by atoms with Crippen molar-refractivity contribution in [3.63, 3.8) is 0 Å². The second-order valence-corrected chi connectivity index (χ2v) is 4.90. The molecule has 1 aromatic rings. The highest BCUT2D eigenvalue weighted by molar-refractivity contribution is 6.03. The van der Waals surface area contributed by atoms with Crippen LogP contribution in [-0.4, -0.2) is 24.0 Å². The third kappa shape index (κ3) is 1.34. The van der Waals surface area contributed by atoms with Gasteiger partial charge in [-0.25, -0.2) is 0 Å². The van der Waals surface area contributed by atoms with Crippen LogP contribution in [0.5, 0.6) is 0 Å². The first-order valence-electron chi connectivity index (χ1n) is 6.14. The Morgan fingerprint density at radius 1 is 1.18 bits per heavy atom. The molecule has 4 atom stereocenters. The normalized spacial score (nSPS) is 38.5. The molecule has 1 saturated carbocycles. The van der Waals surface area contributed by atoms with Gasteiger partial charge in [0.25, 0.3) is 0 Å². The average molecular weight is 230 g/mol. The lowest BCUT2D eigenvalue weighted by Gasteiger charge is -2.43. The van der Waals surface area contributed by atoms with Gasteiger partial charge in [0.05, 0.1) is 11.6 Å². The molecule has 1 aromatic carbocycles. The summed E-state index contributed by atoms with van der Waals surface area (Å²) in [6, 6.07) is 10.6. The number of nitrogens with one attached hydrogen (secondary N) is 1. The summed E-state index contributed by atoms with van der Waals surface area (Å²) in [6.07, 6.45) is 2.46. The first kappa shape index (κ1) is 9.62. The molecule has 2 saturated heterocycles. The van der Waals surface area contributed by atoms with Crippen molar-refractivity contribution in [2.24, 2.45) is 11.1 Å². The van der Waals surface area contributed by atoms with Crippen molar-refractivity contribution >= 4 is 5.71 Å². The molecule has 0 radical (unpaired) electrons. The van der Waals surface area contributed by atoms with Crippen molar-refractivity contribution in [1.82, 2.24) is 5.48 Å². The minimum absolute atomic E-state index is 0.102. The van der Waals surface area contributed by atoms with Crippen LogP contribution in [0.4, 0.5) is 0 Å². The molecular formula is C13H14N2O2. The van der Waals surface area contributed by atoms with E-state index in [4.69, 9.17) is 9.68 Å². The number of oxime groups is 1. The van der Waals surface area contributed by atoms with E-state index in [9.17, 15) is 0 Å². The molecule has 17 heavy (non-hydrogen) atoms. The zero-order valence-electron chi connectivity index (χ0n) is 9.37. The molecule has 4 nitrogen and oxygen atoms in total. The molecule has 2 bridgehead atoms. The molecule has 0 aromatic heterocycles. The smallest absolute Gasteiger partial charge is 0.165 e. The van der Waals surface area contributed by atoms with Crippen LogP contribution in [0.15, 0.2) is 35.5 Å². The van der Waals surface area contributed by atoms with Gasteiger partial charge >= 0.3 is 0 Å². The summed E-state index contributed by atoms with van der Waals surface area (Å²) in [6.45, 7) is 0. The number of rotatable bonds is 1. The Morgan fingerprint density at radius 3 is 2.82 bits per heavy atom. The zero-order valence-corrected chi connectivity index (χ0v) is 9.37. The van der Waals surface area contributed by atoms with E-state index in [1.165, 1.54) is 0 Å². The van der Waals surface area contributed by atoms with E-state index in [1.54, 1.807) is 0 Å². The van der Waals surface area contributed by atoms with Crippen LogP contribution in [0.25, 0.3) is 0 Å². The Morgan fingerprint density at radius 2 is 2.06 bits per heavy atom. The van der Waals surface area contributed by atoms with E-state index >= 15 is 0 Å². The molecule has 0 unspecified atom stereocenters. The summed E-state index contributed by atoms with van der Waals surface area (Å²) in [4.78, 5) is 11.1. The standard InChI is InChI=1S/C13H14N2O2/c1-2-4-8(5-3-1)12-11-9-6-7-10(16-14-9)13(11)17-15-12/h1-5,9-11,13-14H,6-7H2/t9-,10+,11-,13-/m1/s1. The van der Waals surface area contributed by atoms with Crippen molar-refractivity contribution in [3.8, 4) is 0 Å². The van der Waals surface area contributed by atoms with Gasteiger partial charge < -0.3 is 4.84 Å². The molecule has 3 aliphatic heterocycles. The fourth-order valence-electron chi connectivity index (χ4n) is 3.09. The Balaban J connectivity index is 1.71. The maximum absolute atomic E-state index is 5.58. The van der Waals surface area contributed by atoms with Crippen LogP contribution in [0, 0.1) is 5.92 Å². The predicted octanol–water partition coefficient (Wildman–Crippen LogP) is 1.47. The van der Waals surface area contributed by atoms with Gasteiger partial charge in [-0.3, -0.25) is 4.84 Å². The Kier molecular flexibility index (Phi) is 2.01. The lowest BCUT2D eigenvalue weighted by molar-refractivity contribution is -0.194. The van der Waals surface area contributed by atoms with Gasteiger partial charge in [0, 0.05) is 6.04 Å². The average Bonchev–Trinajstić information content (AvgIpc) is 2.88. The molecule has 4 aliphatic rings. The van der Waals surface area contributed by atoms with E-state index < -0.39 is 0 Å². The maximum Gasteiger partial charge on any atom is 0.165 e. The summed E-state index contributed by atoms with van der Waals surface area (Å²) >= 11 is 0. The van der Waals surface area contributed by atoms with Crippen molar-refractivity contribution in [2.45, 2.75) is 31.1 Å². The van der Waals surface area contributed by atoms with Crippen LogP contribution in [0.3, 0.4) is 0 Å². The second kappa shape index (κ2) is 3.55. The predicted molar refractivity (Wildman–Crippen MR) is 62.4 cm³/mol.